The van der Waals surface area contributed by atoms with Crippen molar-refractivity contribution in [3.63, 3.8) is 0 Å². The molecule has 0 bridgehead atoms. The van der Waals surface area contributed by atoms with Gasteiger partial charge in [-0.05, 0) is 62.9 Å². The molecule has 3 atom stereocenters. The van der Waals surface area contributed by atoms with Gasteiger partial charge in [0.15, 0.2) is 0 Å². The summed E-state index contributed by atoms with van der Waals surface area (Å²) in [6.45, 7) is 2.37. The van der Waals surface area contributed by atoms with Crippen LogP contribution in [-0.2, 0) is 4.79 Å². The highest BCUT2D eigenvalue weighted by molar-refractivity contribution is 5.76. The number of hydrogen-bond acceptors (Lipinski definition) is 2. The largest absolute Gasteiger partial charge is 0.353 e. The van der Waals surface area contributed by atoms with Crippen LogP contribution >= 0.6 is 0 Å². The summed E-state index contributed by atoms with van der Waals surface area (Å²) in [6, 6.07) is 0.458. The lowest BCUT2D eigenvalue weighted by atomic mass is 9.79. The van der Waals surface area contributed by atoms with E-state index in [1.807, 2.05) is 0 Å². The average Bonchev–Trinajstić information content (AvgIpc) is 2.98. The van der Waals surface area contributed by atoms with Crippen molar-refractivity contribution in [2.45, 2.75) is 57.4 Å². The standard InChI is InChI=1S/C15H26N2O/c18-15(7-11-3-1-2-4-11)17-14-6-5-12-9-16-10-13(12)8-14/h11-14,16H,1-10H2,(H,17,18)/t12-,13+,14?/m0/s1. The Morgan fingerprint density at radius 1 is 1.06 bits per heavy atom. The molecular weight excluding hydrogens is 224 g/mol. The van der Waals surface area contributed by atoms with Crippen molar-refractivity contribution in [2.75, 3.05) is 13.1 Å². The van der Waals surface area contributed by atoms with Gasteiger partial charge in [-0.25, -0.2) is 0 Å². The van der Waals surface area contributed by atoms with E-state index in [4.69, 9.17) is 0 Å². The summed E-state index contributed by atoms with van der Waals surface area (Å²) in [7, 11) is 0. The van der Waals surface area contributed by atoms with Crippen LogP contribution in [0.5, 0.6) is 0 Å². The van der Waals surface area contributed by atoms with E-state index in [1.54, 1.807) is 0 Å². The summed E-state index contributed by atoms with van der Waals surface area (Å²) in [4.78, 5) is 12.0. The first-order valence-electron chi connectivity index (χ1n) is 7.81. The van der Waals surface area contributed by atoms with Crippen molar-refractivity contribution in [3.05, 3.63) is 0 Å². The fraction of sp³-hybridized carbons (Fsp3) is 0.933. The lowest BCUT2D eigenvalue weighted by Crippen LogP contribution is -2.41. The van der Waals surface area contributed by atoms with E-state index in [0.717, 1.165) is 18.3 Å². The first-order chi connectivity index (χ1) is 8.81. The van der Waals surface area contributed by atoms with E-state index in [9.17, 15) is 4.79 Å². The number of amides is 1. The van der Waals surface area contributed by atoms with Gasteiger partial charge in [0.2, 0.25) is 5.91 Å². The SMILES string of the molecule is O=C(CC1CCCC1)NC1CC[C@H]2CNC[C@H]2C1. The second kappa shape index (κ2) is 5.60. The Morgan fingerprint density at radius 2 is 1.83 bits per heavy atom. The Balaban J connectivity index is 1.43. The van der Waals surface area contributed by atoms with Crippen molar-refractivity contribution in [1.82, 2.24) is 10.6 Å². The predicted octanol–water partition coefficient (Wildman–Crippen LogP) is 2.07. The van der Waals surface area contributed by atoms with Gasteiger partial charge < -0.3 is 10.6 Å². The zero-order chi connectivity index (χ0) is 12.4. The van der Waals surface area contributed by atoms with Gasteiger partial charge in [0.1, 0.15) is 0 Å². The third-order valence-corrected chi connectivity index (χ3v) is 5.27. The molecule has 0 aromatic carbocycles. The molecule has 3 nitrogen and oxygen atoms in total. The number of carbonyl (C=O) groups is 1. The first-order valence-corrected chi connectivity index (χ1v) is 7.81. The first kappa shape index (κ1) is 12.5. The third kappa shape index (κ3) is 2.87. The molecule has 2 saturated carbocycles. The van der Waals surface area contributed by atoms with Crippen LogP contribution in [0, 0.1) is 17.8 Å². The van der Waals surface area contributed by atoms with Crippen LogP contribution in [0.2, 0.25) is 0 Å². The topological polar surface area (TPSA) is 41.1 Å². The molecule has 1 saturated heterocycles. The van der Waals surface area contributed by atoms with Crippen molar-refractivity contribution in [3.8, 4) is 0 Å². The molecule has 3 rings (SSSR count). The zero-order valence-electron chi connectivity index (χ0n) is 11.3. The third-order valence-electron chi connectivity index (χ3n) is 5.27. The minimum atomic E-state index is 0.316. The second-order valence-corrected chi connectivity index (χ2v) is 6.61. The Morgan fingerprint density at radius 3 is 2.67 bits per heavy atom. The van der Waals surface area contributed by atoms with Crippen molar-refractivity contribution in [1.29, 1.82) is 0 Å². The second-order valence-electron chi connectivity index (χ2n) is 6.61. The van der Waals surface area contributed by atoms with Crippen LogP contribution in [0.15, 0.2) is 0 Å². The molecule has 3 aliphatic rings. The molecule has 18 heavy (non-hydrogen) atoms. The maximum Gasteiger partial charge on any atom is 0.220 e. The molecule has 3 fully saturated rings. The lowest BCUT2D eigenvalue weighted by Gasteiger charge is -2.31. The van der Waals surface area contributed by atoms with Crippen molar-refractivity contribution >= 4 is 5.91 Å². The molecule has 0 aromatic heterocycles. The Labute approximate surface area is 110 Å². The molecule has 0 radical (unpaired) electrons. The minimum Gasteiger partial charge on any atom is -0.353 e. The van der Waals surface area contributed by atoms with Gasteiger partial charge in [-0.3, -0.25) is 4.79 Å². The van der Waals surface area contributed by atoms with Gasteiger partial charge in [0.05, 0.1) is 0 Å². The van der Waals surface area contributed by atoms with Crippen LogP contribution in [0.4, 0.5) is 0 Å². The maximum absolute atomic E-state index is 12.0. The molecule has 1 aliphatic heterocycles. The number of rotatable bonds is 3. The van der Waals surface area contributed by atoms with Gasteiger partial charge >= 0.3 is 0 Å². The summed E-state index contributed by atoms with van der Waals surface area (Å²) in [5.41, 5.74) is 0. The van der Waals surface area contributed by atoms with E-state index in [-0.39, 0.29) is 0 Å². The van der Waals surface area contributed by atoms with Crippen LogP contribution in [0.1, 0.15) is 51.4 Å². The van der Waals surface area contributed by atoms with Gasteiger partial charge in [-0.15, -0.1) is 0 Å². The van der Waals surface area contributed by atoms with Crippen LogP contribution < -0.4 is 10.6 Å². The van der Waals surface area contributed by atoms with Crippen LogP contribution in [-0.4, -0.2) is 25.0 Å². The Hall–Kier alpha value is -0.570. The molecule has 102 valence electrons. The summed E-state index contributed by atoms with van der Waals surface area (Å²) in [5.74, 6) is 2.69. The van der Waals surface area contributed by atoms with Gasteiger partial charge in [-0.2, -0.15) is 0 Å². The molecule has 3 heteroatoms. The summed E-state index contributed by atoms with van der Waals surface area (Å²) in [5, 5.41) is 6.78. The fourth-order valence-electron chi connectivity index (χ4n) is 4.19. The van der Waals surface area contributed by atoms with E-state index >= 15 is 0 Å². The van der Waals surface area contributed by atoms with Gasteiger partial charge in [-0.1, -0.05) is 12.8 Å². The molecule has 1 heterocycles. The van der Waals surface area contributed by atoms with E-state index in [1.165, 1.54) is 58.0 Å². The quantitative estimate of drug-likeness (QED) is 0.805. The van der Waals surface area contributed by atoms with E-state index in [2.05, 4.69) is 10.6 Å². The highest BCUT2D eigenvalue weighted by atomic mass is 16.1. The highest BCUT2D eigenvalue weighted by Gasteiger charge is 2.34. The van der Waals surface area contributed by atoms with Gasteiger partial charge in [0.25, 0.3) is 0 Å². The fourth-order valence-corrected chi connectivity index (χ4v) is 4.19. The maximum atomic E-state index is 12.0. The number of carbonyl (C=O) groups excluding carboxylic acids is 1. The normalized spacial score (nSPS) is 36.6. The minimum absolute atomic E-state index is 0.316. The smallest absolute Gasteiger partial charge is 0.220 e. The zero-order valence-corrected chi connectivity index (χ0v) is 11.3. The Kier molecular flexibility index (Phi) is 3.88. The molecule has 2 aliphatic carbocycles. The molecule has 2 N–H and O–H groups in total. The molecule has 1 amide bonds. The van der Waals surface area contributed by atoms with Crippen molar-refractivity contribution in [2.24, 2.45) is 17.8 Å². The predicted molar refractivity (Wildman–Crippen MR) is 72.2 cm³/mol. The molecule has 0 aromatic rings. The van der Waals surface area contributed by atoms with E-state index < -0.39 is 0 Å². The monoisotopic (exact) mass is 250 g/mol. The summed E-state index contributed by atoms with van der Waals surface area (Å²) < 4.78 is 0. The highest BCUT2D eigenvalue weighted by Crippen LogP contribution is 2.33. The Bertz CT molecular complexity index is 299. The van der Waals surface area contributed by atoms with Gasteiger partial charge in [0, 0.05) is 12.5 Å². The number of nitrogens with one attached hydrogen (secondary N) is 2. The number of fused-ring (bicyclic) bond motifs is 1. The summed E-state index contributed by atoms with van der Waals surface area (Å²) in [6.07, 6.45) is 9.68. The summed E-state index contributed by atoms with van der Waals surface area (Å²) >= 11 is 0. The van der Waals surface area contributed by atoms with E-state index in [0.29, 0.717) is 17.9 Å². The molecule has 0 spiro atoms. The number of hydrogen-bond donors (Lipinski definition) is 2. The molecular formula is C15H26N2O. The van der Waals surface area contributed by atoms with Crippen LogP contribution in [0.25, 0.3) is 0 Å². The lowest BCUT2D eigenvalue weighted by molar-refractivity contribution is -0.123. The molecule has 1 unspecified atom stereocenters. The van der Waals surface area contributed by atoms with Crippen LogP contribution in [0.3, 0.4) is 0 Å². The average molecular weight is 250 g/mol. The van der Waals surface area contributed by atoms with Crippen molar-refractivity contribution < 1.29 is 4.79 Å².